The van der Waals surface area contributed by atoms with E-state index in [4.69, 9.17) is 15.1 Å². The van der Waals surface area contributed by atoms with Crippen LogP contribution in [0.25, 0.3) is 0 Å². The van der Waals surface area contributed by atoms with E-state index in [0.29, 0.717) is 19.5 Å². The van der Waals surface area contributed by atoms with E-state index in [1.807, 2.05) is 64.1 Å². The molecule has 0 atom stereocenters. The third-order valence-electron chi connectivity index (χ3n) is 3.69. The zero-order valence-corrected chi connectivity index (χ0v) is 21.2. The molecule has 0 unspecified atom stereocenters. The van der Waals surface area contributed by atoms with Crippen molar-refractivity contribution in [1.29, 1.82) is 0 Å². The van der Waals surface area contributed by atoms with Crippen LogP contribution in [0.3, 0.4) is 0 Å². The van der Waals surface area contributed by atoms with Gasteiger partial charge >= 0.3 is 0 Å². The van der Waals surface area contributed by atoms with Crippen molar-refractivity contribution in [3.8, 4) is 0 Å². The standard InChI is InChI=1S/C11H11N.C9H9N.2C2H4O.2C2H6.CH4.H2/c1-2-5-10-8-9-6-3-4-7-11(9)12-10;1-7-6-8-4-2-3-5-9(8)10-7;2*1-2-3;2*1-2;;/h2-7H,8H2,1H3;2-5H,6H2,1H3;2*2H,1H3;2*1-2H3;1H4;1H/b5-2+;;;;;;;/i1D;;2*1D;;;1D;1+1. The Morgan fingerprint density at radius 2 is 1.27 bits per heavy atom. The van der Waals surface area contributed by atoms with Crippen molar-refractivity contribution >= 4 is 35.4 Å². The number of benzene rings is 2. The summed E-state index contributed by atoms with van der Waals surface area (Å²) in [6, 6.07) is 16.4. The molecule has 0 saturated heterocycles. The van der Waals surface area contributed by atoms with Gasteiger partial charge in [0, 0.05) is 31.2 Å². The average molecular weight is 460 g/mol. The molecular weight excluding hydrogens is 408 g/mol. The summed E-state index contributed by atoms with van der Waals surface area (Å²) in [4.78, 5) is 26.8. The first kappa shape index (κ1) is 26.1. The zero-order chi connectivity index (χ0) is 28.9. The van der Waals surface area contributed by atoms with Gasteiger partial charge in [-0.15, -0.1) is 0 Å². The molecule has 0 bridgehead atoms. The Labute approximate surface area is 209 Å². The van der Waals surface area contributed by atoms with Crippen LogP contribution in [0, 0.1) is 0 Å². The lowest BCUT2D eigenvalue weighted by Gasteiger charge is -1.91. The van der Waals surface area contributed by atoms with E-state index in [1.54, 1.807) is 0 Å². The van der Waals surface area contributed by atoms with Crippen LogP contribution >= 0.6 is 0 Å². The van der Waals surface area contributed by atoms with Gasteiger partial charge in [0.25, 0.3) is 0 Å². The van der Waals surface area contributed by atoms with Gasteiger partial charge in [-0.05, 0) is 57.0 Å². The molecule has 2 aromatic carbocycles. The molecule has 4 rings (SSSR count). The third kappa shape index (κ3) is 14.5. The number of aldehydes is 2. The topological polar surface area (TPSA) is 58.9 Å². The molecule has 0 aromatic heterocycles. The number of nitrogens with zero attached hydrogens (tertiary/aromatic N) is 2. The van der Waals surface area contributed by atoms with Gasteiger partial charge < -0.3 is 9.59 Å². The molecule has 0 saturated carbocycles. The van der Waals surface area contributed by atoms with Gasteiger partial charge in [-0.2, -0.15) is 0 Å². The van der Waals surface area contributed by atoms with Crippen LogP contribution in [-0.4, -0.2) is 24.0 Å². The van der Waals surface area contributed by atoms with E-state index >= 15 is 0 Å². The Bertz CT molecular complexity index is 925. The lowest BCUT2D eigenvalue weighted by atomic mass is 10.1. The van der Waals surface area contributed by atoms with E-state index in [2.05, 4.69) is 41.2 Å². The Morgan fingerprint density at radius 1 is 0.818 bits per heavy atom. The lowest BCUT2D eigenvalue weighted by Crippen LogP contribution is -1.90. The normalized spacial score (nSPS) is 12.4. The first-order chi connectivity index (χ1) is 18.1. The van der Waals surface area contributed by atoms with Gasteiger partial charge in [-0.1, -0.05) is 77.6 Å². The highest BCUT2D eigenvalue weighted by Crippen LogP contribution is 2.26. The minimum atomic E-state index is -0.111. The van der Waals surface area contributed by atoms with Gasteiger partial charge in [-0.3, -0.25) is 9.98 Å². The Kier molecular flexibility index (Phi) is 18.6. The SMILES string of the molecule is CC.CC.CC1=Nc2ccccc2C1.[2HH].[2H]C.[2H]C/C=C/C1=Nc2ccccc2C1.[2H]CC=O.[2H]CC=O. The molecule has 0 spiro atoms. The minimum Gasteiger partial charge on any atom is -0.304 e. The molecule has 0 fully saturated rings. The summed E-state index contributed by atoms with van der Waals surface area (Å²) < 4.78 is 24.9. The molecule has 0 aliphatic carbocycles. The first-order valence-electron chi connectivity index (χ1n) is 13.9. The molecule has 4 nitrogen and oxygen atoms in total. The summed E-state index contributed by atoms with van der Waals surface area (Å²) in [6.07, 6.45) is 6.79. The van der Waals surface area contributed by atoms with E-state index in [0.717, 1.165) is 29.9 Å². The van der Waals surface area contributed by atoms with E-state index < -0.39 is 0 Å². The smallest absolute Gasteiger partial charge is 0.116 e. The maximum Gasteiger partial charge on any atom is 0.116 e. The second kappa shape index (κ2) is 23.5. The lowest BCUT2D eigenvalue weighted by molar-refractivity contribution is -0.106. The molecule has 2 aromatic rings. The Balaban J connectivity index is -0.000000206. The third-order valence-corrected chi connectivity index (χ3v) is 3.69. The molecule has 0 amide bonds. The molecule has 184 valence electrons. The summed E-state index contributed by atoms with van der Waals surface area (Å²) in [6.45, 7) is 10.2. The van der Waals surface area contributed by atoms with Crippen molar-refractivity contribution in [3.63, 3.8) is 0 Å². The second-order valence-corrected chi connectivity index (χ2v) is 5.80. The largest absolute Gasteiger partial charge is 0.304 e. The molecule has 0 N–H and O–H groups in total. The second-order valence-electron chi connectivity index (χ2n) is 5.80. The fourth-order valence-corrected chi connectivity index (χ4v) is 2.68. The highest BCUT2D eigenvalue weighted by Gasteiger charge is 2.10. The van der Waals surface area contributed by atoms with Crippen LogP contribution in [0.15, 0.2) is 70.7 Å². The number of allylic oxidation sites excluding steroid dienone is 2. The van der Waals surface area contributed by atoms with Crippen molar-refractivity contribution in [2.45, 2.75) is 75.6 Å². The van der Waals surface area contributed by atoms with E-state index in [1.165, 1.54) is 24.2 Å². The summed E-state index contributed by atoms with van der Waals surface area (Å²) in [7, 11) is 1.25. The fourth-order valence-electron chi connectivity index (χ4n) is 2.68. The molecule has 2 aliphatic rings. The summed E-state index contributed by atoms with van der Waals surface area (Å²) in [5.74, 6) is 0. The Hall–Kier alpha value is -3.14. The van der Waals surface area contributed by atoms with Crippen molar-refractivity contribution in [2.75, 3.05) is 0 Å². The maximum absolute atomic E-state index is 8.99. The fraction of sp³-hybridized carbons (Fsp3) is 0.379. The minimum absolute atomic E-state index is 0. The molecule has 2 heterocycles. The molecular formula is C29H46N2O2. The van der Waals surface area contributed by atoms with Crippen LogP contribution in [0.5, 0.6) is 0 Å². The number of hydrogen-bond donors (Lipinski definition) is 0. The predicted molar refractivity (Wildman–Crippen MR) is 150 cm³/mol. The van der Waals surface area contributed by atoms with Gasteiger partial charge in [0.05, 0.1) is 11.4 Å². The Morgan fingerprint density at radius 3 is 1.70 bits per heavy atom. The summed E-state index contributed by atoms with van der Waals surface area (Å²) in [5.41, 5.74) is 7.16. The maximum atomic E-state index is 8.99. The first-order valence-corrected chi connectivity index (χ1v) is 10.8. The molecule has 33 heavy (non-hydrogen) atoms. The van der Waals surface area contributed by atoms with Gasteiger partial charge in [0.1, 0.15) is 12.6 Å². The van der Waals surface area contributed by atoms with E-state index in [-0.39, 0.29) is 15.2 Å². The molecule has 4 heteroatoms. The van der Waals surface area contributed by atoms with Crippen LogP contribution < -0.4 is 0 Å². The quantitative estimate of drug-likeness (QED) is 0.401. The summed E-state index contributed by atoms with van der Waals surface area (Å²) in [5, 5.41) is 0. The van der Waals surface area contributed by atoms with Crippen molar-refractivity contribution in [1.82, 2.24) is 0 Å². The highest BCUT2D eigenvalue weighted by atomic mass is 16.1. The predicted octanol–water partition coefficient (Wildman–Crippen LogP) is 8.57. The monoisotopic (exact) mass is 459 g/mol. The van der Waals surface area contributed by atoms with Gasteiger partial charge in [-0.25, -0.2) is 0 Å². The van der Waals surface area contributed by atoms with E-state index in [9.17, 15) is 0 Å². The molecule has 0 radical (unpaired) electrons. The average Bonchev–Trinajstić information content (AvgIpc) is 3.57. The van der Waals surface area contributed by atoms with Gasteiger partial charge in [0.15, 0.2) is 0 Å². The van der Waals surface area contributed by atoms with Crippen LogP contribution in [0.2, 0.25) is 0 Å². The number of carbonyl (C=O) groups is 2. The van der Waals surface area contributed by atoms with Crippen LogP contribution in [0.1, 0.15) is 80.8 Å². The number of hydrogen-bond acceptors (Lipinski definition) is 4. The van der Waals surface area contributed by atoms with Gasteiger partial charge in [0.2, 0.25) is 0 Å². The number of aliphatic imine (C=N–C) groups is 2. The van der Waals surface area contributed by atoms with Crippen molar-refractivity contribution < 1.29 is 16.5 Å². The number of rotatable bonds is 1. The number of fused-ring (bicyclic) bond motifs is 2. The van der Waals surface area contributed by atoms with Crippen LogP contribution in [-0.2, 0) is 22.4 Å². The summed E-state index contributed by atoms with van der Waals surface area (Å²) >= 11 is 0. The number of carbonyl (C=O) groups excluding carboxylic acids is 2. The van der Waals surface area contributed by atoms with Crippen molar-refractivity contribution in [3.05, 3.63) is 71.8 Å². The molecule has 2 aliphatic heterocycles. The zero-order valence-electron chi connectivity index (χ0n) is 25.2. The highest BCUT2D eigenvalue weighted by molar-refractivity contribution is 6.01. The number of para-hydroxylation sites is 2. The van der Waals surface area contributed by atoms with Crippen LogP contribution in [0.4, 0.5) is 11.4 Å². The van der Waals surface area contributed by atoms with Crippen molar-refractivity contribution in [2.24, 2.45) is 9.98 Å².